The van der Waals surface area contributed by atoms with Crippen LogP contribution in [0.4, 0.5) is 5.69 Å². The molecule has 1 fully saturated rings. The summed E-state index contributed by atoms with van der Waals surface area (Å²) in [5, 5.41) is 6.03. The van der Waals surface area contributed by atoms with Gasteiger partial charge in [-0.25, -0.2) is 0 Å². The van der Waals surface area contributed by atoms with Crippen molar-refractivity contribution in [2.75, 3.05) is 12.1 Å². The summed E-state index contributed by atoms with van der Waals surface area (Å²) in [5.74, 6) is 1.31. The molecule has 1 aliphatic heterocycles. The highest BCUT2D eigenvalue weighted by Crippen LogP contribution is 2.51. The quantitative estimate of drug-likeness (QED) is 0.535. The number of carbonyl (C=O) groups is 2. The van der Waals surface area contributed by atoms with Gasteiger partial charge in [0.15, 0.2) is 11.5 Å². The van der Waals surface area contributed by atoms with Crippen LogP contribution in [0.15, 0.2) is 60.7 Å². The van der Waals surface area contributed by atoms with Crippen molar-refractivity contribution in [1.82, 2.24) is 5.32 Å². The predicted molar refractivity (Wildman–Crippen MR) is 131 cm³/mol. The number of hydrogen-bond acceptors (Lipinski definition) is 4. The number of anilines is 1. The molecule has 2 amide bonds. The Hall–Kier alpha value is -3.80. The Morgan fingerprint density at radius 3 is 2.35 bits per heavy atom. The van der Waals surface area contributed by atoms with Crippen LogP contribution < -0.4 is 20.1 Å². The second kappa shape index (κ2) is 8.52. The fourth-order valence-corrected chi connectivity index (χ4v) is 4.37. The van der Waals surface area contributed by atoms with Gasteiger partial charge in [-0.2, -0.15) is 0 Å². The van der Waals surface area contributed by atoms with Crippen molar-refractivity contribution in [3.8, 4) is 22.6 Å². The molecule has 2 N–H and O–H groups in total. The van der Waals surface area contributed by atoms with Crippen molar-refractivity contribution in [2.24, 2.45) is 0 Å². The number of nitrogens with one attached hydrogen (secondary N) is 2. The Balaban J connectivity index is 1.35. The molecule has 34 heavy (non-hydrogen) atoms. The van der Waals surface area contributed by atoms with E-state index in [4.69, 9.17) is 9.47 Å². The molecule has 0 bridgehead atoms. The van der Waals surface area contributed by atoms with Gasteiger partial charge in [-0.05, 0) is 92.3 Å². The number of rotatable bonds is 6. The lowest BCUT2D eigenvalue weighted by atomic mass is 9.94. The van der Waals surface area contributed by atoms with Crippen molar-refractivity contribution >= 4 is 17.5 Å². The molecule has 2 aliphatic rings. The standard InChI is InChI=1S/C28H28N2O4/c1-17(2)29-26(31)20-7-5-19(6-8-20)23-15-22(10-4-18(23)3)30-27(32)28(12-13-28)21-9-11-24-25(14-21)34-16-33-24/h4-11,14-15,17H,12-13,16H2,1-3H3,(H,29,31)(H,30,32). The van der Waals surface area contributed by atoms with E-state index >= 15 is 0 Å². The van der Waals surface area contributed by atoms with E-state index in [2.05, 4.69) is 10.6 Å². The topological polar surface area (TPSA) is 76.7 Å². The average Bonchev–Trinajstić information content (AvgIpc) is 3.51. The van der Waals surface area contributed by atoms with Gasteiger partial charge in [0.2, 0.25) is 12.7 Å². The monoisotopic (exact) mass is 456 g/mol. The fraction of sp³-hybridized carbons (Fsp3) is 0.286. The Morgan fingerprint density at radius 1 is 0.912 bits per heavy atom. The minimum absolute atomic E-state index is 0.0122. The molecule has 1 aliphatic carbocycles. The summed E-state index contributed by atoms with van der Waals surface area (Å²) < 4.78 is 10.9. The molecule has 3 aromatic carbocycles. The third-order valence-corrected chi connectivity index (χ3v) is 6.48. The van der Waals surface area contributed by atoms with E-state index in [0.29, 0.717) is 11.3 Å². The van der Waals surface area contributed by atoms with Crippen LogP contribution >= 0.6 is 0 Å². The number of aryl methyl sites for hydroxylation is 1. The summed E-state index contributed by atoms with van der Waals surface area (Å²) in [6.07, 6.45) is 1.61. The van der Waals surface area contributed by atoms with Gasteiger partial charge in [0, 0.05) is 17.3 Å². The third-order valence-electron chi connectivity index (χ3n) is 6.48. The van der Waals surface area contributed by atoms with Crippen molar-refractivity contribution in [2.45, 2.75) is 45.1 Å². The summed E-state index contributed by atoms with van der Waals surface area (Å²) >= 11 is 0. The minimum Gasteiger partial charge on any atom is -0.454 e. The van der Waals surface area contributed by atoms with E-state index in [-0.39, 0.29) is 24.6 Å². The number of carbonyl (C=O) groups excluding carboxylic acids is 2. The van der Waals surface area contributed by atoms with E-state index in [1.807, 2.05) is 81.4 Å². The van der Waals surface area contributed by atoms with E-state index in [1.54, 1.807) is 0 Å². The second-order valence-corrected chi connectivity index (χ2v) is 9.34. The first-order valence-corrected chi connectivity index (χ1v) is 11.6. The molecule has 1 heterocycles. The zero-order valence-electron chi connectivity index (χ0n) is 19.6. The first-order valence-electron chi connectivity index (χ1n) is 11.6. The zero-order valence-corrected chi connectivity index (χ0v) is 19.6. The molecule has 5 rings (SSSR count). The van der Waals surface area contributed by atoms with Crippen molar-refractivity contribution in [3.63, 3.8) is 0 Å². The number of ether oxygens (including phenoxy) is 2. The van der Waals surface area contributed by atoms with Crippen LogP contribution in [-0.4, -0.2) is 24.6 Å². The Morgan fingerprint density at radius 2 is 1.65 bits per heavy atom. The Bertz CT molecular complexity index is 1260. The van der Waals surface area contributed by atoms with Gasteiger partial charge in [-0.3, -0.25) is 9.59 Å². The van der Waals surface area contributed by atoms with Crippen LogP contribution in [0.25, 0.3) is 11.1 Å². The molecule has 174 valence electrons. The molecular weight excluding hydrogens is 428 g/mol. The van der Waals surface area contributed by atoms with Crippen LogP contribution in [0.2, 0.25) is 0 Å². The number of amides is 2. The maximum atomic E-state index is 13.3. The molecule has 0 unspecified atom stereocenters. The van der Waals surface area contributed by atoms with E-state index in [1.165, 1.54) is 0 Å². The first kappa shape index (κ1) is 22.0. The van der Waals surface area contributed by atoms with Gasteiger partial charge in [-0.15, -0.1) is 0 Å². The maximum absolute atomic E-state index is 13.3. The fourth-order valence-electron chi connectivity index (χ4n) is 4.37. The Labute approximate surface area is 199 Å². The zero-order chi connectivity index (χ0) is 23.9. The van der Waals surface area contributed by atoms with Gasteiger partial charge in [0.25, 0.3) is 5.91 Å². The lowest BCUT2D eigenvalue weighted by molar-refractivity contribution is -0.118. The van der Waals surface area contributed by atoms with Crippen LogP contribution in [0, 0.1) is 6.92 Å². The number of hydrogen-bond donors (Lipinski definition) is 2. The second-order valence-electron chi connectivity index (χ2n) is 9.34. The van der Waals surface area contributed by atoms with Gasteiger partial charge in [-0.1, -0.05) is 24.3 Å². The van der Waals surface area contributed by atoms with Crippen molar-refractivity contribution in [1.29, 1.82) is 0 Å². The lowest BCUT2D eigenvalue weighted by Crippen LogP contribution is -2.29. The average molecular weight is 457 g/mol. The van der Waals surface area contributed by atoms with E-state index in [0.717, 1.165) is 46.5 Å². The summed E-state index contributed by atoms with van der Waals surface area (Å²) in [6, 6.07) is 19.3. The molecule has 0 spiro atoms. The minimum atomic E-state index is -0.530. The largest absolute Gasteiger partial charge is 0.454 e. The molecule has 0 atom stereocenters. The molecular formula is C28H28N2O4. The molecule has 1 saturated carbocycles. The van der Waals surface area contributed by atoms with Gasteiger partial charge in [0.05, 0.1) is 5.41 Å². The molecule has 0 aromatic heterocycles. The van der Waals surface area contributed by atoms with Crippen molar-refractivity contribution < 1.29 is 19.1 Å². The van der Waals surface area contributed by atoms with E-state index in [9.17, 15) is 9.59 Å². The molecule has 6 nitrogen and oxygen atoms in total. The SMILES string of the molecule is Cc1ccc(NC(=O)C2(c3ccc4c(c3)OCO4)CC2)cc1-c1ccc(C(=O)NC(C)C)cc1. The number of benzene rings is 3. The third kappa shape index (κ3) is 4.12. The normalized spacial score (nSPS) is 15.2. The molecule has 0 radical (unpaired) electrons. The number of fused-ring (bicyclic) bond motifs is 1. The molecule has 6 heteroatoms. The summed E-state index contributed by atoms with van der Waals surface area (Å²) in [7, 11) is 0. The summed E-state index contributed by atoms with van der Waals surface area (Å²) in [6.45, 7) is 6.13. The lowest BCUT2D eigenvalue weighted by Gasteiger charge is -2.17. The highest BCUT2D eigenvalue weighted by molar-refractivity contribution is 6.02. The van der Waals surface area contributed by atoms with Crippen LogP contribution in [0.3, 0.4) is 0 Å². The van der Waals surface area contributed by atoms with Gasteiger partial charge >= 0.3 is 0 Å². The van der Waals surface area contributed by atoms with Gasteiger partial charge < -0.3 is 20.1 Å². The van der Waals surface area contributed by atoms with E-state index < -0.39 is 5.41 Å². The molecule has 3 aromatic rings. The highest BCUT2D eigenvalue weighted by Gasteiger charge is 2.51. The smallest absolute Gasteiger partial charge is 0.251 e. The molecule has 0 saturated heterocycles. The first-order chi connectivity index (χ1) is 16.4. The maximum Gasteiger partial charge on any atom is 0.251 e. The van der Waals surface area contributed by atoms with Crippen LogP contribution in [0.1, 0.15) is 48.2 Å². The Kier molecular flexibility index (Phi) is 5.52. The van der Waals surface area contributed by atoms with Gasteiger partial charge in [0.1, 0.15) is 0 Å². The summed E-state index contributed by atoms with van der Waals surface area (Å²) in [4.78, 5) is 25.6. The predicted octanol–water partition coefficient (Wildman–Crippen LogP) is 5.20. The summed E-state index contributed by atoms with van der Waals surface area (Å²) in [5.41, 5.74) is 4.90. The van der Waals surface area contributed by atoms with Crippen molar-refractivity contribution in [3.05, 3.63) is 77.4 Å². The van der Waals surface area contributed by atoms with Crippen LogP contribution in [-0.2, 0) is 10.2 Å². The highest BCUT2D eigenvalue weighted by atomic mass is 16.7. The van der Waals surface area contributed by atoms with Crippen LogP contribution in [0.5, 0.6) is 11.5 Å².